The lowest BCUT2D eigenvalue weighted by Gasteiger charge is -2.26. The number of aryl methyl sites for hydroxylation is 1. The summed E-state index contributed by atoms with van der Waals surface area (Å²) >= 11 is 3.49. The number of rotatable bonds is 3. The highest BCUT2D eigenvalue weighted by molar-refractivity contribution is 9.10. The minimum Gasteiger partial charge on any atom is -0.344 e. The van der Waals surface area contributed by atoms with Crippen molar-refractivity contribution in [3.05, 3.63) is 51.3 Å². The molecule has 0 aliphatic heterocycles. The predicted molar refractivity (Wildman–Crippen MR) is 90.0 cm³/mol. The topological polar surface area (TPSA) is 57.8 Å². The summed E-state index contributed by atoms with van der Waals surface area (Å²) in [7, 11) is 0. The number of nitrogens with one attached hydrogen (secondary N) is 2. The first kappa shape index (κ1) is 15.3. The van der Waals surface area contributed by atoms with E-state index in [1.54, 1.807) is 0 Å². The number of carbonyl (C=O) groups is 1. The fraction of sp³-hybridized carbons (Fsp3) is 0.412. The second-order valence-electron chi connectivity index (χ2n) is 6.07. The maximum atomic E-state index is 12.6. The van der Waals surface area contributed by atoms with Crippen LogP contribution in [0.15, 0.2) is 28.7 Å². The van der Waals surface area contributed by atoms with Gasteiger partial charge in [-0.05, 0) is 52.2 Å². The number of H-pyrrole nitrogens is 1. The van der Waals surface area contributed by atoms with Crippen molar-refractivity contribution in [3.63, 3.8) is 0 Å². The number of carbonyl (C=O) groups excluding carboxylic acids is 1. The zero-order chi connectivity index (χ0) is 15.7. The first-order valence-electron chi connectivity index (χ1n) is 7.70. The summed E-state index contributed by atoms with van der Waals surface area (Å²) in [6, 6.07) is 8.42. The van der Waals surface area contributed by atoms with E-state index >= 15 is 0 Å². The molecule has 0 saturated heterocycles. The summed E-state index contributed by atoms with van der Waals surface area (Å²) < 4.78 is 0.768. The van der Waals surface area contributed by atoms with E-state index in [0.717, 1.165) is 29.4 Å². The Labute approximate surface area is 138 Å². The van der Waals surface area contributed by atoms with Crippen LogP contribution < -0.4 is 5.32 Å². The van der Waals surface area contributed by atoms with E-state index < -0.39 is 0 Å². The van der Waals surface area contributed by atoms with Crippen molar-refractivity contribution in [2.24, 2.45) is 0 Å². The molecule has 1 aliphatic rings. The van der Waals surface area contributed by atoms with Crippen molar-refractivity contribution >= 4 is 21.8 Å². The summed E-state index contributed by atoms with van der Waals surface area (Å²) in [5, 5.41) is 10.3. The smallest absolute Gasteiger partial charge is 0.273 e. The van der Waals surface area contributed by atoms with Crippen LogP contribution in [0.1, 0.15) is 66.0 Å². The Morgan fingerprint density at radius 3 is 2.91 bits per heavy atom. The Bertz CT molecular complexity index is 693. The van der Waals surface area contributed by atoms with Crippen LogP contribution in [0.2, 0.25) is 0 Å². The Kier molecular flexibility index (Phi) is 4.34. The van der Waals surface area contributed by atoms with Gasteiger partial charge in [-0.1, -0.05) is 38.1 Å². The van der Waals surface area contributed by atoms with Gasteiger partial charge in [0.1, 0.15) is 0 Å². The average molecular weight is 362 g/mol. The van der Waals surface area contributed by atoms with Crippen molar-refractivity contribution < 1.29 is 4.79 Å². The molecule has 2 aromatic rings. The molecule has 1 unspecified atom stereocenters. The normalized spacial score (nSPS) is 17.4. The highest BCUT2D eigenvalue weighted by Crippen LogP contribution is 2.31. The van der Waals surface area contributed by atoms with Gasteiger partial charge in [-0.3, -0.25) is 9.89 Å². The van der Waals surface area contributed by atoms with E-state index in [4.69, 9.17) is 0 Å². The van der Waals surface area contributed by atoms with Gasteiger partial charge in [0, 0.05) is 0 Å². The molecule has 0 bridgehead atoms. The summed E-state index contributed by atoms with van der Waals surface area (Å²) in [6.45, 7) is 4.13. The fourth-order valence-corrected chi connectivity index (χ4v) is 3.82. The van der Waals surface area contributed by atoms with Crippen LogP contribution in [-0.2, 0) is 6.42 Å². The maximum Gasteiger partial charge on any atom is 0.273 e. The third-order valence-electron chi connectivity index (χ3n) is 4.20. The molecule has 1 aliphatic carbocycles. The molecule has 116 valence electrons. The molecule has 5 heteroatoms. The summed E-state index contributed by atoms with van der Waals surface area (Å²) in [5.41, 5.74) is 3.96. The number of halogens is 1. The van der Waals surface area contributed by atoms with Gasteiger partial charge >= 0.3 is 0 Å². The molecule has 22 heavy (non-hydrogen) atoms. The number of aromatic nitrogens is 2. The van der Waals surface area contributed by atoms with Gasteiger partial charge in [-0.25, -0.2) is 0 Å². The summed E-state index contributed by atoms with van der Waals surface area (Å²) in [6.07, 6.45) is 3.16. The number of fused-ring (bicyclic) bond motifs is 1. The molecule has 2 N–H and O–H groups in total. The van der Waals surface area contributed by atoms with Crippen LogP contribution in [-0.4, -0.2) is 16.1 Å². The van der Waals surface area contributed by atoms with Crippen molar-refractivity contribution in [2.45, 2.75) is 45.1 Å². The number of benzene rings is 1. The van der Waals surface area contributed by atoms with Crippen LogP contribution >= 0.6 is 15.9 Å². The lowest BCUT2D eigenvalue weighted by Crippen LogP contribution is -2.31. The van der Waals surface area contributed by atoms with Gasteiger partial charge in [0.2, 0.25) is 0 Å². The first-order chi connectivity index (χ1) is 10.6. The van der Waals surface area contributed by atoms with Crippen LogP contribution in [0.3, 0.4) is 0 Å². The standard InChI is InChI=1S/C17H20BrN3O/c1-10(2)15-14(18)16(21-20-15)17(22)19-13-9-5-7-11-6-3-4-8-12(11)13/h3-4,6,8,10,13H,5,7,9H2,1-2H3,(H,19,22)(H,20,21). The van der Waals surface area contributed by atoms with Crippen LogP contribution in [0.25, 0.3) is 0 Å². The van der Waals surface area contributed by atoms with E-state index in [0.29, 0.717) is 11.6 Å². The quantitative estimate of drug-likeness (QED) is 0.864. The third kappa shape index (κ3) is 2.82. The van der Waals surface area contributed by atoms with Crippen LogP contribution in [0, 0.1) is 0 Å². The molecule has 0 radical (unpaired) electrons. The Balaban J connectivity index is 1.81. The van der Waals surface area contributed by atoms with E-state index in [2.05, 4.69) is 63.5 Å². The fourth-order valence-electron chi connectivity index (χ4n) is 3.01. The Hall–Kier alpha value is -1.62. The lowest BCUT2D eigenvalue weighted by molar-refractivity contribution is 0.0927. The third-order valence-corrected chi connectivity index (χ3v) is 5.00. The molecule has 0 fully saturated rings. The second-order valence-corrected chi connectivity index (χ2v) is 6.86. The van der Waals surface area contributed by atoms with Gasteiger partial charge in [-0.15, -0.1) is 0 Å². The van der Waals surface area contributed by atoms with Gasteiger partial charge in [0.15, 0.2) is 5.69 Å². The van der Waals surface area contributed by atoms with Gasteiger partial charge in [-0.2, -0.15) is 5.10 Å². The SMILES string of the molecule is CC(C)c1[nH]nc(C(=O)NC2CCCc3ccccc32)c1Br. The van der Waals surface area contributed by atoms with E-state index in [9.17, 15) is 4.79 Å². The predicted octanol–water partition coefficient (Wildman–Crippen LogP) is 4.10. The van der Waals surface area contributed by atoms with E-state index in [1.807, 2.05) is 6.07 Å². The second kappa shape index (κ2) is 6.24. The number of amides is 1. The molecule has 1 atom stereocenters. The maximum absolute atomic E-state index is 12.6. The Morgan fingerprint density at radius 1 is 1.41 bits per heavy atom. The molecule has 1 aromatic heterocycles. The van der Waals surface area contributed by atoms with Gasteiger partial charge < -0.3 is 5.32 Å². The average Bonchev–Trinajstić information content (AvgIpc) is 2.89. The minimum atomic E-state index is -0.128. The van der Waals surface area contributed by atoms with Crippen molar-refractivity contribution in [3.8, 4) is 0 Å². The Morgan fingerprint density at radius 2 is 2.18 bits per heavy atom. The molecule has 4 nitrogen and oxygen atoms in total. The molecule has 3 rings (SSSR count). The highest BCUT2D eigenvalue weighted by Gasteiger charge is 2.25. The molecule has 1 amide bonds. The molecular formula is C17H20BrN3O. The molecule has 1 heterocycles. The van der Waals surface area contributed by atoms with Crippen LogP contribution in [0.4, 0.5) is 0 Å². The van der Waals surface area contributed by atoms with Crippen LogP contribution in [0.5, 0.6) is 0 Å². The zero-order valence-electron chi connectivity index (χ0n) is 12.8. The summed E-state index contributed by atoms with van der Waals surface area (Å²) in [4.78, 5) is 12.6. The molecular weight excluding hydrogens is 342 g/mol. The van der Waals surface area contributed by atoms with E-state index in [1.165, 1.54) is 11.1 Å². The van der Waals surface area contributed by atoms with Gasteiger partial charge in [0.25, 0.3) is 5.91 Å². The summed E-state index contributed by atoms with van der Waals surface area (Å²) in [5.74, 6) is 0.163. The highest BCUT2D eigenvalue weighted by atomic mass is 79.9. The van der Waals surface area contributed by atoms with Crippen molar-refractivity contribution in [2.75, 3.05) is 0 Å². The lowest BCUT2D eigenvalue weighted by atomic mass is 9.87. The number of aromatic amines is 1. The van der Waals surface area contributed by atoms with Gasteiger partial charge in [0.05, 0.1) is 16.2 Å². The monoisotopic (exact) mass is 361 g/mol. The molecule has 0 spiro atoms. The van der Waals surface area contributed by atoms with E-state index in [-0.39, 0.29) is 11.9 Å². The van der Waals surface area contributed by atoms with Crippen molar-refractivity contribution in [1.29, 1.82) is 0 Å². The first-order valence-corrected chi connectivity index (χ1v) is 8.49. The minimum absolute atomic E-state index is 0.0727. The van der Waals surface area contributed by atoms with Crippen molar-refractivity contribution in [1.82, 2.24) is 15.5 Å². The molecule has 0 saturated carbocycles. The zero-order valence-corrected chi connectivity index (χ0v) is 14.4. The molecule has 1 aromatic carbocycles. The number of hydrogen-bond acceptors (Lipinski definition) is 2. The number of nitrogens with zero attached hydrogens (tertiary/aromatic N) is 1. The largest absolute Gasteiger partial charge is 0.344 e. The number of hydrogen-bond donors (Lipinski definition) is 2.